The van der Waals surface area contributed by atoms with E-state index in [0.29, 0.717) is 13.2 Å². The maximum Gasteiger partial charge on any atom is 0.180 e. The molecule has 0 bridgehead atoms. The molecule has 0 aromatic heterocycles. The SMILES string of the molecule is CCCCC/C(=C/c1ccccc1)C(OCC)OCC. The monoisotopic (exact) mass is 276 g/mol. The van der Waals surface area contributed by atoms with Gasteiger partial charge in [0.2, 0.25) is 0 Å². The summed E-state index contributed by atoms with van der Waals surface area (Å²) in [4.78, 5) is 0. The number of hydrogen-bond acceptors (Lipinski definition) is 2. The smallest absolute Gasteiger partial charge is 0.180 e. The number of benzene rings is 1. The first-order valence-corrected chi connectivity index (χ1v) is 7.80. The maximum absolute atomic E-state index is 5.76. The summed E-state index contributed by atoms with van der Waals surface area (Å²) in [6, 6.07) is 10.4. The van der Waals surface area contributed by atoms with Crippen molar-refractivity contribution in [2.45, 2.75) is 52.7 Å². The van der Waals surface area contributed by atoms with Gasteiger partial charge in [0.05, 0.1) is 0 Å². The Bertz CT molecular complexity index is 364. The predicted octanol–water partition coefficient (Wildman–Crippen LogP) is 5.05. The zero-order chi connectivity index (χ0) is 14.6. The fourth-order valence-corrected chi connectivity index (χ4v) is 2.17. The van der Waals surface area contributed by atoms with Crippen LogP contribution in [0.3, 0.4) is 0 Å². The number of ether oxygens (including phenoxy) is 2. The van der Waals surface area contributed by atoms with Gasteiger partial charge in [-0.1, -0.05) is 56.2 Å². The van der Waals surface area contributed by atoms with Gasteiger partial charge in [0.25, 0.3) is 0 Å². The Morgan fingerprint density at radius 3 is 2.20 bits per heavy atom. The second-order valence-electron chi connectivity index (χ2n) is 4.83. The van der Waals surface area contributed by atoms with Gasteiger partial charge in [0.1, 0.15) is 0 Å². The van der Waals surface area contributed by atoms with Gasteiger partial charge < -0.3 is 9.47 Å². The maximum atomic E-state index is 5.76. The van der Waals surface area contributed by atoms with Crippen LogP contribution in [0.2, 0.25) is 0 Å². The molecule has 0 fully saturated rings. The summed E-state index contributed by atoms with van der Waals surface area (Å²) < 4.78 is 11.5. The molecule has 0 heterocycles. The molecule has 2 nitrogen and oxygen atoms in total. The third-order valence-electron chi connectivity index (χ3n) is 3.16. The lowest BCUT2D eigenvalue weighted by Gasteiger charge is -2.20. The first kappa shape index (κ1) is 16.9. The predicted molar refractivity (Wildman–Crippen MR) is 85.6 cm³/mol. The second kappa shape index (κ2) is 10.6. The Balaban J connectivity index is 2.84. The van der Waals surface area contributed by atoms with Gasteiger partial charge in [-0.2, -0.15) is 0 Å². The Morgan fingerprint density at radius 2 is 1.65 bits per heavy atom. The van der Waals surface area contributed by atoms with Crippen LogP contribution in [0.1, 0.15) is 52.0 Å². The minimum atomic E-state index is -0.206. The summed E-state index contributed by atoms with van der Waals surface area (Å²) >= 11 is 0. The summed E-state index contributed by atoms with van der Waals surface area (Å²) in [5.41, 5.74) is 2.46. The van der Waals surface area contributed by atoms with Gasteiger partial charge >= 0.3 is 0 Å². The van der Waals surface area contributed by atoms with Crippen molar-refractivity contribution in [1.82, 2.24) is 0 Å². The highest BCUT2D eigenvalue weighted by Gasteiger charge is 2.14. The zero-order valence-corrected chi connectivity index (χ0v) is 13.1. The van der Waals surface area contributed by atoms with Crippen molar-refractivity contribution >= 4 is 6.08 Å². The lowest BCUT2D eigenvalue weighted by atomic mass is 10.0. The Hall–Kier alpha value is -1.12. The first-order chi connectivity index (χ1) is 9.81. The fraction of sp³-hybridized carbons (Fsp3) is 0.556. The summed E-state index contributed by atoms with van der Waals surface area (Å²) in [6.07, 6.45) is 6.70. The molecule has 0 aliphatic carbocycles. The molecule has 0 saturated carbocycles. The van der Waals surface area contributed by atoms with Crippen molar-refractivity contribution in [2.24, 2.45) is 0 Å². The molecule has 112 valence electrons. The Labute approximate surface area is 123 Å². The largest absolute Gasteiger partial charge is 0.349 e. The second-order valence-corrected chi connectivity index (χ2v) is 4.83. The average Bonchev–Trinajstić information content (AvgIpc) is 2.47. The molecule has 0 N–H and O–H groups in total. The average molecular weight is 276 g/mol. The van der Waals surface area contributed by atoms with Crippen LogP contribution in [-0.4, -0.2) is 19.5 Å². The van der Waals surface area contributed by atoms with E-state index < -0.39 is 0 Å². The zero-order valence-electron chi connectivity index (χ0n) is 13.1. The summed E-state index contributed by atoms with van der Waals surface area (Å²) in [7, 11) is 0. The van der Waals surface area contributed by atoms with Crippen LogP contribution in [0.15, 0.2) is 35.9 Å². The lowest BCUT2D eigenvalue weighted by molar-refractivity contribution is -0.112. The van der Waals surface area contributed by atoms with E-state index in [2.05, 4.69) is 37.3 Å². The van der Waals surface area contributed by atoms with E-state index in [1.807, 2.05) is 19.9 Å². The van der Waals surface area contributed by atoms with E-state index in [0.717, 1.165) is 6.42 Å². The van der Waals surface area contributed by atoms with E-state index in [9.17, 15) is 0 Å². The number of hydrogen-bond donors (Lipinski definition) is 0. The molecule has 0 amide bonds. The molecule has 0 unspecified atom stereocenters. The van der Waals surface area contributed by atoms with E-state index in [-0.39, 0.29) is 6.29 Å². The molecule has 1 aromatic rings. The van der Waals surface area contributed by atoms with Gasteiger partial charge in [-0.25, -0.2) is 0 Å². The topological polar surface area (TPSA) is 18.5 Å². The van der Waals surface area contributed by atoms with Crippen LogP contribution in [-0.2, 0) is 9.47 Å². The fourth-order valence-electron chi connectivity index (χ4n) is 2.17. The standard InChI is InChI=1S/C18H28O2/c1-4-7-9-14-17(18(19-5-2)20-6-3)15-16-12-10-8-11-13-16/h8,10-13,15,18H,4-7,9,14H2,1-3H3/b17-15-. The normalized spacial score (nSPS) is 12.1. The van der Waals surface area contributed by atoms with Crippen LogP contribution in [0, 0.1) is 0 Å². The lowest BCUT2D eigenvalue weighted by Crippen LogP contribution is -2.20. The van der Waals surface area contributed by atoms with Crippen LogP contribution < -0.4 is 0 Å². The highest BCUT2D eigenvalue weighted by molar-refractivity contribution is 5.53. The van der Waals surface area contributed by atoms with E-state index >= 15 is 0 Å². The third-order valence-corrected chi connectivity index (χ3v) is 3.16. The molecule has 0 spiro atoms. The number of unbranched alkanes of at least 4 members (excludes halogenated alkanes) is 2. The van der Waals surface area contributed by atoms with Gasteiger partial charge in [-0.05, 0) is 37.8 Å². The van der Waals surface area contributed by atoms with Crippen LogP contribution >= 0.6 is 0 Å². The van der Waals surface area contributed by atoms with Crippen molar-refractivity contribution in [3.63, 3.8) is 0 Å². The minimum absolute atomic E-state index is 0.206. The minimum Gasteiger partial charge on any atom is -0.349 e. The Kier molecular flexibility index (Phi) is 9.01. The van der Waals surface area contributed by atoms with Crippen LogP contribution in [0.4, 0.5) is 0 Å². The van der Waals surface area contributed by atoms with E-state index in [4.69, 9.17) is 9.47 Å². The van der Waals surface area contributed by atoms with E-state index in [1.54, 1.807) is 0 Å². The van der Waals surface area contributed by atoms with Gasteiger partial charge in [-0.15, -0.1) is 0 Å². The van der Waals surface area contributed by atoms with Gasteiger partial charge in [-0.3, -0.25) is 0 Å². The highest BCUT2D eigenvalue weighted by atomic mass is 16.7. The molecule has 2 heteroatoms. The summed E-state index contributed by atoms with van der Waals surface area (Å²) in [5, 5.41) is 0. The molecule has 0 aliphatic heterocycles. The molecule has 1 rings (SSSR count). The molecular weight excluding hydrogens is 248 g/mol. The van der Waals surface area contributed by atoms with Gasteiger partial charge in [0, 0.05) is 13.2 Å². The van der Waals surface area contributed by atoms with Gasteiger partial charge in [0.15, 0.2) is 6.29 Å². The van der Waals surface area contributed by atoms with Crippen LogP contribution in [0.25, 0.3) is 6.08 Å². The van der Waals surface area contributed by atoms with Crippen molar-refractivity contribution in [3.05, 3.63) is 41.5 Å². The van der Waals surface area contributed by atoms with Crippen LogP contribution in [0.5, 0.6) is 0 Å². The molecule has 0 saturated heterocycles. The first-order valence-electron chi connectivity index (χ1n) is 7.80. The molecule has 0 radical (unpaired) electrons. The van der Waals surface area contributed by atoms with Crippen molar-refractivity contribution in [3.8, 4) is 0 Å². The number of rotatable bonds is 10. The van der Waals surface area contributed by atoms with Crippen molar-refractivity contribution in [2.75, 3.05) is 13.2 Å². The summed E-state index contributed by atoms with van der Waals surface area (Å²) in [6.45, 7) is 7.59. The molecule has 0 aliphatic rings. The summed E-state index contributed by atoms with van der Waals surface area (Å²) in [5.74, 6) is 0. The van der Waals surface area contributed by atoms with E-state index in [1.165, 1.54) is 30.4 Å². The third kappa shape index (κ3) is 6.36. The molecular formula is C18H28O2. The van der Waals surface area contributed by atoms with Crippen molar-refractivity contribution in [1.29, 1.82) is 0 Å². The Morgan fingerprint density at radius 1 is 1.00 bits per heavy atom. The molecule has 20 heavy (non-hydrogen) atoms. The quantitative estimate of drug-likeness (QED) is 0.440. The van der Waals surface area contributed by atoms with Crippen molar-refractivity contribution < 1.29 is 9.47 Å². The molecule has 0 atom stereocenters. The molecule has 1 aromatic carbocycles. The highest BCUT2D eigenvalue weighted by Crippen LogP contribution is 2.20.